The first-order chi connectivity index (χ1) is 7.25. The zero-order chi connectivity index (χ0) is 10.7. The molecule has 4 nitrogen and oxygen atoms in total. The van der Waals surface area contributed by atoms with E-state index in [0.717, 1.165) is 18.5 Å². The molecule has 0 aliphatic heterocycles. The van der Waals surface area contributed by atoms with Crippen molar-refractivity contribution >= 4 is 17.3 Å². The molecule has 0 aliphatic rings. The minimum atomic E-state index is -0.993. The van der Waals surface area contributed by atoms with Crippen molar-refractivity contribution in [3.05, 3.63) is 39.8 Å². The summed E-state index contributed by atoms with van der Waals surface area (Å²) in [6.07, 6.45) is 1.70. The molecule has 15 heavy (non-hydrogen) atoms. The number of carboxylic acids is 1. The van der Waals surface area contributed by atoms with Crippen LogP contribution in [0.25, 0.3) is 0 Å². The average molecular weight is 222 g/mol. The lowest BCUT2D eigenvalue weighted by atomic mass is 10.1. The van der Waals surface area contributed by atoms with Crippen LogP contribution in [-0.2, 0) is 12.8 Å². The van der Waals surface area contributed by atoms with E-state index in [2.05, 4.69) is 21.6 Å². The number of aryl methyl sites for hydroxylation is 2. The van der Waals surface area contributed by atoms with Gasteiger partial charge in [0.2, 0.25) is 0 Å². The summed E-state index contributed by atoms with van der Waals surface area (Å²) >= 11 is 1.66. The SMILES string of the molecule is O=C(O)c1cc(CCc2ccsc2)[nH]n1. The molecule has 0 fully saturated rings. The predicted octanol–water partition coefficient (Wildman–Crippen LogP) is 1.95. The van der Waals surface area contributed by atoms with Crippen LogP contribution in [0.5, 0.6) is 0 Å². The molecular formula is C10H10N2O2S. The molecule has 2 aromatic rings. The van der Waals surface area contributed by atoms with Gasteiger partial charge in [0.1, 0.15) is 0 Å². The van der Waals surface area contributed by atoms with Gasteiger partial charge in [0.15, 0.2) is 5.69 Å². The van der Waals surface area contributed by atoms with E-state index >= 15 is 0 Å². The van der Waals surface area contributed by atoms with E-state index in [-0.39, 0.29) is 5.69 Å². The third kappa shape index (κ3) is 2.44. The number of H-pyrrole nitrogens is 1. The fraction of sp³-hybridized carbons (Fsp3) is 0.200. The summed E-state index contributed by atoms with van der Waals surface area (Å²) in [5, 5.41) is 19.2. The van der Waals surface area contributed by atoms with Crippen molar-refractivity contribution in [1.82, 2.24) is 10.2 Å². The van der Waals surface area contributed by atoms with Crippen LogP contribution in [-0.4, -0.2) is 21.3 Å². The summed E-state index contributed by atoms with van der Waals surface area (Å²) in [6, 6.07) is 3.65. The summed E-state index contributed by atoms with van der Waals surface area (Å²) < 4.78 is 0. The minimum absolute atomic E-state index is 0.0790. The maximum atomic E-state index is 10.6. The Morgan fingerprint density at radius 1 is 1.53 bits per heavy atom. The van der Waals surface area contributed by atoms with E-state index < -0.39 is 5.97 Å². The Labute approximate surface area is 90.6 Å². The lowest BCUT2D eigenvalue weighted by Gasteiger charge is -1.93. The Hall–Kier alpha value is -1.62. The van der Waals surface area contributed by atoms with Gasteiger partial charge in [0.25, 0.3) is 0 Å². The first kappa shape index (κ1) is 9.92. The lowest BCUT2D eigenvalue weighted by molar-refractivity contribution is 0.0690. The van der Waals surface area contributed by atoms with Crippen molar-refractivity contribution in [2.75, 3.05) is 0 Å². The summed E-state index contributed by atoms with van der Waals surface area (Å²) in [4.78, 5) is 10.6. The Bertz CT molecular complexity index is 448. The Balaban J connectivity index is 1.96. The van der Waals surface area contributed by atoms with Crippen LogP contribution in [0.4, 0.5) is 0 Å². The quantitative estimate of drug-likeness (QED) is 0.831. The van der Waals surface area contributed by atoms with Crippen LogP contribution < -0.4 is 0 Å². The Morgan fingerprint density at radius 3 is 3.00 bits per heavy atom. The number of aromatic amines is 1. The third-order valence-corrected chi connectivity index (χ3v) is 2.85. The molecule has 2 heterocycles. The average Bonchev–Trinajstić information content (AvgIpc) is 2.86. The molecule has 78 valence electrons. The van der Waals surface area contributed by atoms with Gasteiger partial charge in [-0.15, -0.1) is 0 Å². The fourth-order valence-electron chi connectivity index (χ4n) is 1.31. The van der Waals surface area contributed by atoms with E-state index in [4.69, 9.17) is 5.11 Å². The molecule has 0 aromatic carbocycles. The van der Waals surface area contributed by atoms with Crippen molar-refractivity contribution < 1.29 is 9.90 Å². The summed E-state index contributed by atoms with van der Waals surface area (Å²) in [7, 11) is 0. The highest BCUT2D eigenvalue weighted by Crippen LogP contribution is 2.10. The molecule has 2 N–H and O–H groups in total. The summed E-state index contributed by atoms with van der Waals surface area (Å²) in [5.41, 5.74) is 2.21. The van der Waals surface area contributed by atoms with Crippen molar-refractivity contribution in [3.8, 4) is 0 Å². The standard InChI is InChI=1S/C10H10N2O2S/c13-10(14)9-5-8(11-12-9)2-1-7-3-4-15-6-7/h3-6H,1-2H2,(H,11,12)(H,13,14). The van der Waals surface area contributed by atoms with Crippen LogP contribution in [0.3, 0.4) is 0 Å². The second-order valence-electron chi connectivity index (χ2n) is 3.22. The highest BCUT2D eigenvalue weighted by molar-refractivity contribution is 7.07. The van der Waals surface area contributed by atoms with Crippen LogP contribution >= 0.6 is 11.3 Å². The van der Waals surface area contributed by atoms with Gasteiger partial charge < -0.3 is 5.11 Å². The zero-order valence-corrected chi connectivity index (χ0v) is 8.75. The normalized spacial score (nSPS) is 10.4. The van der Waals surface area contributed by atoms with Crippen molar-refractivity contribution in [2.24, 2.45) is 0 Å². The highest BCUT2D eigenvalue weighted by atomic mass is 32.1. The van der Waals surface area contributed by atoms with Gasteiger partial charge in [-0.2, -0.15) is 16.4 Å². The summed E-state index contributed by atoms with van der Waals surface area (Å²) in [5.74, 6) is -0.993. The highest BCUT2D eigenvalue weighted by Gasteiger charge is 2.07. The number of carbonyl (C=O) groups is 1. The minimum Gasteiger partial charge on any atom is -0.476 e. The molecule has 0 unspecified atom stereocenters. The van der Waals surface area contributed by atoms with Gasteiger partial charge in [0.05, 0.1) is 0 Å². The number of rotatable bonds is 4. The molecule has 0 aliphatic carbocycles. The second-order valence-corrected chi connectivity index (χ2v) is 4.00. The van der Waals surface area contributed by atoms with Gasteiger partial charge in [-0.25, -0.2) is 4.79 Å². The van der Waals surface area contributed by atoms with Crippen LogP contribution in [0, 0.1) is 0 Å². The molecule has 2 rings (SSSR count). The van der Waals surface area contributed by atoms with E-state index in [0.29, 0.717) is 0 Å². The molecule has 0 radical (unpaired) electrons. The number of nitrogens with zero attached hydrogens (tertiary/aromatic N) is 1. The first-order valence-corrected chi connectivity index (χ1v) is 5.48. The topological polar surface area (TPSA) is 66.0 Å². The molecule has 0 saturated heterocycles. The lowest BCUT2D eigenvalue weighted by Crippen LogP contribution is -1.95. The largest absolute Gasteiger partial charge is 0.476 e. The Kier molecular flexibility index (Phi) is 2.82. The van der Waals surface area contributed by atoms with Gasteiger partial charge in [0, 0.05) is 5.69 Å². The number of aromatic nitrogens is 2. The van der Waals surface area contributed by atoms with Crippen LogP contribution in [0.1, 0.15) is 21.7 Å². The predicted molar refractivity (Wildman–Crippen MR) is 57.3 cm³/mol. The van der Waals surface area contributed by atoms with Gasteiger partial charge in [-0.05, 0) is 41.3 Å². The number of thiophene rings is 1. The molecule has 0 spiro atoms. The van der Waals surface area contributed by atoms with E-state index in [9.17, 15) is 4.79 Å². The zero-order valence-electron chi connectivity index (χ0n) is 7.93. The molecule has 2 aromatic heterocycles. The molecule has 0 bridgehead atoms. The number of hydrogen-bond donors (Lipinski definition) is 2. The summed E-state index contributed by atoms with van der Waals surface area (Å²) in [6.45, 7) is 0. The van der Waals surface area contributed by atoms with Crippen molar-refractivity contribution in [2.45, 2.75) is 12.8 Å². The second kappa shape index (κ2) is 4.27. The molecule has 5 heteroatoms. The molecule has 0 atom stereocenters. The number of carboxylic acid groups (broad SMARTS) is 1. The van der Waals surface area contributed by atoms with E-state index in [1.165, 1.54) is 5.56 Å². The molecular weight excluding hydrogens is 212 g/mol. The smallest absolute Gasteiger partial charge is 0.356 e. The van der Waals surface area contributed by atoms with E-state index in [1.54, 1.807) is 17.4 Å². The Morgan fingerprint density at radius 2 is 2.40 bits per heavy atom. The first-order valence-electron chi connectivity index (χ1n) is 4.54. The third-order valence-electron chi connectivity index (χ3n) is 2.11. The number of aromatic carboxylic acids is 1. The van der Waals surface area contributed by atoms with Gasteiger partial charge in [-0.3, -0.25) is 5.10 Å². The van der Waals surface area contributed by atoms with E-state index in [1.807, 2.05) is 5.38 Å². The molecule has 0 saturated carbocycles. The monoisotopic (exact) mass is 222 g/mol. The van der Waals surface area contributed by atoms with Crippen LogP contribution in [0.2, 0.25) is 0 Å². The van der Waals surface area contributed by atoms with Crippen molar-refractivity contribution in [1.29, 1.82) is 0 Å². The maximum Gasteiger partial charge on any atom is 0.356 e. The molecule has 0 amide bonds. The van der Waals surface area contributed by atoms with Crippen molar-refractivity contribution in [3.63, 3.8) is 0 Å². The van der Waals surface area contributed by atoms with Crippen LogP contribution in [0.15, 0.2) is 22.9 Å². The number of nitrogens with one attached hydrogen (secondary N) is 1. The maximum absolute atomic E-state index is 10.6. The van der Waals surface area contributed by atoms with Gasteiger partial charge in [-0.1, -0.05) is 0 Å². The fourth-order valence-corrected chi connectivity index (χ4v) is 2.02. The number of hydrogen-bond acceptors (Lipinski definition) is 3. The van der Waals surface area contributed by atoms with Gasteiger partial charge >= 0.3 is 5.97 Å².